The van der Waals surface area contributed by atoms with Crippen LogP contribution in [0.3, 0.4) is 0 Å². The number of likely N-dealkylation sites (tertiary alicyclic amines) is 1. The minimum atomic E-state index is -1.01. The van der Waals surface area contributed by atoms with Gasteiger partial charge in [0.2, 0.25) is 0 Å². The summed E-state index contributed by atoms with van der Waals surface area (Å²) in [7, 11) is 2.14. The Morgan fingerprint density at radius 1 is 1.50 bits per heavy atom. The second kappa shape index (κ2) is 7.09. The third-order valence-corrected chi connectivity index (χ3v) is 4.87. The first-order valence-corrected chi connectivity index (χ1v) is 7.92. The molecular weight excluding hydrogens is 277 g/mol. The van der Waals surface area contributed by atoms with Crippen molar-refractivity contribution < 1.29 is 14.3 Å². The third-order valence-electron chi connectivity index (χ3n) is 3.81. The van der Waals surface area contributed by atoms with Gasteiger partial charge in [-0.2, -0.15) is 0 Å². The number of thioether (sulfide) groups is 1. The molecule has 5 heteroatoms. The summed E-state index contributed by atoms with van der Waals surface area (Å²) in [6.45, 7) is 1.14. The number of rotatable bonds is 5. The lowest BCUT2D eigenvalue weighted by molar-refractivity contribution is 0.0696. The Bertz CT molecular complexity index is 481. The molecule has 1 aliphatic heterocycles. The van der Waals surface area contributed by atoms with Crippen LogP contribution >= 0.6 is 11.8 Å². The van der Waals surface area contributed by atoms with E-state index in [9.17, 15) is 9.18 Å². The van der Waals surface area contributed by atoms with E-state index in [0.29, 0.717) is 10.9 Å². The molecule has 1 N–H and O–H groups in total. The lowest BCUT2D eigenvalue weighted by atomic mass is 10.0. The molecule has 1 unspecified atom stereocenters. The number of hydrogen-bond acceptors (Lipinski definition) is 3. The van der Waals surface area contributed by atoms with E-state index in [2.05, 4.69) is 11.9 Å². The van der Waals surface area contributed by atoms with Crippen LogP contribution in [0.15, 0.2) is 23.1 Å². The summed E-state index contributed by atoms with van der Waals surface area (Å²) >= 11 is 1.41. The second-order valence-corrected chi connectivity index (χ2v) is 6.35. The van der Waals surface area contributed by atoms with Crippen LogP contribution < -0.4 is 0 Å². The second-order valence-electron chi connectivity index (χ2n) is 5.22. The molecule has 2 rings (SSSR count). The molecule has 0 saturated carbocycles. The maximum Gasteiger partial charge on any atom is 0.335 e. The van der Waals surface area contributed by atoms with Crippen molar-refractivity contribution >= 4 is 17.7 Å². The van der Waals surface area contributed by atoms with E-state index < -0.39 is 5.97 Å². The Morgan fingerprint density at radius 3 is 3.00 bits per heavy atom. The summed E-state index contributed by atoms with van der Waals surface area (Å²) in [6.07, 6.45) is 4.74. The SMILES string of the molecule is CN1CCCCC1CCSc1cc(C(=O)O)ccc1F. The summed E-state index contributed by atoms with van der Waals surface area (Å²) in [5, 5.41) is 8.93. The zero-order valence-electron chi connectivity index (χ0n) is 11.6. The molecular formula is C15H20FNO2S. The number of benzene rings is 1. The zero-order valence-corrected chi connectivity index (χ0v) is 12.5. The van der Waals surface area contributed by atoms with Gasteiger partial charge in [0, 0.05) is 10.9 Å². The average Bonchev–Trinajstić information content (AvgIpc) is 2.42. The van der Waals surface area contributed by atoms with Crippen LogP contribution in [0.5, 0.6) is 0 Å². The quantitative estimate of drug-likeness (QED) is 0.845. The molecule has 0 bridgehead atoms. The molecule has 110 valence electrons. The average molecular weight is 297 g/mol. The highest BCUT2D eigenvalue weighted by molar-refractivity contribution is 7.99. The predicted octanol–water partition coefficient (Wildman–Crippen LogP) is 3.49. The van der Waals surface area contributed by atoms with Crippen LogP contribution in [0.25, 0.3) is 0 Å². The van der Waals surface area contributed by atoms with E-state index in [1.807, 2.05) is 0 Å². The first-order chi connectivity index (χ1) is 9.58. The Kier molecular flexibility index (Phi) is 5.43. The monoisotopic (exact) mass is 297 g/mol. The minimum Gasteiger partial charge on any atom is -0.478 e. The first-order valence-electron chi connectivity index (χ1n) is 6.94. The maximum absolute atomic E-state index is 13.7. The molecule has 1 aromatic carbocycles. The van der Waals surface area contributed by atoms with Crippen LogP contribution in [0, 0.1) is 5.82 Å². The number of hydrogen-bond donors (Lipinski definition) is 1. The fraction of sp³-hybridized carbons (Fsp3) is 0.533. The third kappa shape index (κ3) is 3.96. The smallest absolute Gasteiger partial charge is 0.335 e. The highest BCUT2D eigenvalue weighted by Crippen LogP contribution is 2.26. The number of piperidine rings is 1. The van der Waals surface area contributed by atoms with Crippen molar-refractivity contribution in [2.75, 3.05) is 19.3 Å². The molecule has 3 nitrogen and oxygen atoms in total. The van der Waals surface area contributed by atoms with Gasteiger partial charge in [-0.3, -0.25) is 0 Å². The van der Waals surface area contributed by atoms with Crippen LogP contribution in [0.4, 0.5) is 4.39 Å². The number of carboxylic acids is 1. The van der Waals surface area contributed by atoms with Gasteiger partial charge in [0.05, 0.1) is 5.56 Å². The maximum atomic E-state index is 13.7. The van der Waals surface area contributed by atoms with Gasteiger partial charge in [0.25, 0.3) is 0 Å². The van der Waals surface area contributed by atoms with Gasteiger partial charge < -0.3 is 10.0 Å². The Morgan fingerprint density at radius 2 is 2.30 bits per heavy atom. The van der Waals surface area contributed by atoms with Gasteiger partial charge in [-0.15, -0.1) is 11.8 Å². The molecule has 1 saturated heterocycles. The van der Waals surface area contributed by atoms with E-state index in [4.69, 9.17) is 5.11 Å². The summed E-state index contributed by atoms with van der Waals surface area (Å²) in [6, 6.07) is 4.53. The van der Waals surface area contributed by atoms with Gasteiger partial charge in [0.15, 0.2) is 0 Å². The van der Waals surface area contributed by atoms with Crippen molar-refractivity contribution in [1.29, 1.82) is 0 Å². The van der Waals surface area contributed by atoms with Gasteiger partial charge in [-0.1, -0.05) is 6.42 Å². The highest BCUT2D eigenvalue weighted by Gasteiger charge is 2.18. The molecule has 20 heavy (non-hydrogen) atoms. The number of carbonyl (C=O) groups is 1. The van der Waals surface area contributed by atoms with E-state index in [0.717, 1.165) is 18.7 Å². The Hall–Kier alpha value is -1.07. The van der Waals surface area contributed by atoms with Crippen molar-refractivity contribution in [3.05, 3.63) is 29.6 Å². The van der Waals surface area contributed by atoms with Crippen LogP contribution in [0.1, 0.15) is 36.0 Å². The minimum absolute atomic E-state index is 0.142. The van der Waals surface area contributed by atoms with Gasteiger partial charge in [-0.05, 0) is 56.8 Å². The summed E-state index contributed by atoms with van der Waals surface area (Å²) < 4.78 is 13.7. The molecule has 0 radical (unpaired) electrons. The molecule has 1 heterocycles. The van der Waals surface area contributed by atoms with E-state index in [1.54, 1.807) is 0 Å². The normalized spacial score (nSPS) is 20.0. The van der Waals surface area contributed by atoms with Crippen LogP contribution in [-0.2, 0) is 0 Å². The lowest BCUT2D eigenvalue weighted by Crippen LogP contribution is -2.36. The van der Waals surface area contributed by atoms with Crippen molar-refractivity contribution in [3.63, 3.8) is 0 Å². The van der Waals surface area contributed by atoms with Gasteiger partial charge in [0.1, 0.15) is 5.82 Å². The van der Waals surface area contributed by atoms with Crippen molar-refractivity contribution in [1.82, 2.24) is 4.90 Å². The highest BCUT2D eigenvalue weighted by atomic mass is 32.2. The fourth-order valence-electron chi connectivity index (χ4n) is 2.56. The zero-order chi connectivity index (χ0) is 14.5. The van der Waals surface area contributed by atoms with Crippen molar-refractivity contribution in [2.45, 2.75) is 36.6 Å². The Labute approximate surface area is 123 Å². The van der Waals surface area contributed by atoms with Gasteiger partial charge in [-0.25, -0.2) is 9.18 Å². The topological polar surface area (TPSA) is 40.5 Å². The molecule has 0 aliphatic carbocycles. The molecule has 0 amide bonds. The summed E-state index contributed by atoms with van der Waals surface area (Å²) in [4.78, 5) is 13.7. The number of carboxylic acid groups (broad SMARTS) is 1. The van der Waals surface area contributed by atoms with Crippen LogP contribution in [0.2, 0.25) is 0 Å². The van der Waals surface area contributed by atoms with Crippen LogP contribution in [-0.4, -0.2) is 41.4 Å². The molecule has 1 aromatic rings. The summed E-state index contributed by atoms with van der Waals surface area (Å²) in [5.41, 5.74) is 0.142. The predicted molar refractivity (Wildman–Crippen MR) is 79.0 cm³/mol. The standard InChI is InChI=1S/C15H20FNO2S/c1-17-8-3-2-4-12(17)7-9-20-14-10-11(15(18)19)5-6-13(14)16/h5-6,10,12H,2-4,7-9H2,1H3,(H,18,19). The number of aromatic carboxylic acids is 1. The lowest BCUT2D eigenvalue weighted by Gasteiger charge is -2.32. The molecule has 1 atom stereocenters. The Balaban J connectivity index is 1.90. The first kappa shape index (κ1) is 15.3. The van der Waals surface area contributed by atoms with E-state index in [-0.39, 0.29) is 11.4 Å². The largest absolute Gasteiger partial charge is 0.478 e. The fourth-order valence-corrected chi connectivity index (χ4v) is 3.59. The molecule has 1 aliphatic rings. The molecule has 0 aromatic heterocycles. The van der Waals surface area contributed by atoms with E-state index >= 15 is 0 Å². The molecule has 1 fully saturated rings. The number of nitrogens with zero attached hydrogens (tertiary/aromatic N) is 1. The molecule has 0 spiro atoms. The van der Waals surface area contributed by atoms with E-state index in [1.165, 1.54) is 49.2 Å². The van der Waals surface area contributed by atoms with Gasteiger partial charge >= 0.3 is 5.97 Å². The van der Waals surface area contributed by atoms with Crippen molar-refractivity contribution in [2.24, 2.45) is 0 Å². The summed E-state index contributed by atoms with van der Waals surface area (Å²) in [5.74, 6) is -0.537. The number of halogens is 1. The van der Waals surface area contributed by atoms with Crippen molar-refractivity contribution in [3.8, 4) is 0 Å².